The Morgan fingerprint density at radius 2 is 1.97 bits per heavy atom. The van der Waals surface area contributed by atoms with Crippen LogP contribution in [0.1, 0.15) is 54.9 Å². The first-order valence-corrected chi connectivity index (χ1v) is 17.0. The van der Waals surface area contributed by atoms with Gasteiger partial charge in [0.1, 0.15) is 25.0 Å². The minimum Gasteiger partial charge on any atom is -0.381 e. The molecule has 2 atom stereocenters. The number of aromatic nitrogens is 3. The molecule has 0 saturated carbocycles. The maximum Gasteiger partial charge on any atom is 0.205 e. The van der Waals surface area contributed by atoms with E-state index in [-0.39, 0.29) is 6.10 Å². The van der Waals surface area contributed by atoms with Crippen molar-refractivity contribution in [2.75, 3.05) is 19.7 Å². The van der Waals surface area contributed by atoms with Crippen LogP contribution in [-0.4, -0.2) is 47.8 Å². The van der Waals surface area contributed by atoms with E-state index in [1.165, 1.54) is 17.4 Å². The summed E-state index contributed by atoms with van der Waals surface area (Å²) in [6.45, 7) is 8.82. The van der Waals surface area contributed by atoms with Gasteiger partial charge in [-0.25, -0.2) is 19.3 Å². The Bertz CT molecular complexity index is 1500. The quantitative estimate of drug-likeness (QED) is 0.212. The standard InChI is InChI=1S/C30H33FN4O2SSi/c1-4-39(5-2,6-3)16-11-27-34-25-18-20(26-19-32-12-14-37-26)7-9-22(25)28(35-27)23-17-21(8-10-24(23)31)29(36)30-33-13-15-38-30/h7-10,13,15,17-18,26,29,32,36H,4-6,12,14,19H2,1-3H3. The number of ether oxygens (including phenoxy) is 1. The lowest BCUT2D eigenvalue weighted by atomic mass is 9.99. The summed E-state index contributed by atoms with van der Waals surface area (Å²) in [5.74, 6) is 3.24. The van der Waals surface area contributed by atoms with Gasteiger partial charge in [-0.15, -0.1) is 16.9 Å². The normalized spacial score (nSPS) is 16.6. The van der Waals surface area contributed by atoms with E-state index in [1.807, 2.05) is 18.2 Å². The molecule has 1 fully saturated rings. The van der Waals surface area contributed by atoms with Crippen LogP contribution in [-0.2, 0) is 4.74 Å². The summed E-state index contributed by atoms with van der Waals surface area (Å²) in [5.41, 5.74) is 6.58. The van der Waals surface area contributed by atoms with Gasteiger partial charge >= 0.3 is 0 Å². The number of nitrogens with one attached hydrogen (secondary N) is 1. The number of thiazole rings is 1. The minimum absolute atomic E-state index is 0.0788. The molecule has 0 amide bonds. The highest BCUT2D eigenvalue weighted by atomic mass is 32.1. The van der Waals surface area contributed by atoms with Gasteiger partial charge in [-0.2, -0.15) is 0 Å². The van der Waals surface area contributed by atoms with Crippen LogP contribution in [0.25, 0.3) is 22.2 Å². The third kappa shape index (κ3) is 5.81. The van der Waals surface area contributed by atoms with E-state index in [0.717, 1.165) is 42.2 Å². The molecule has 9 heteroatoms. The third-order valence-corrected chi connectivity index (χ3v) is 13.3. The van der Waals surface area contributed by atoms with Gasteiger partial charge in [0.25, 0.3) is 0 Å². The maximum absolute atomic E-state index is 15.4. The average Bonchev–Trinajstić information content (AvgIpc) is 3.53. The molecule has 4 aromatic rings. The van der Waals surface area contributed by atoms with Crippen molar-refractivity contribution in [3.05, 3.63) is 75.8 Å². The van der Waals surface area contributed by atoms with Crippen molar-refractivity contribution in [1.29, 1.82) is 0 Å². The molecule has 202 valence electrons. The van der Waals surface area contributed by atoms with Gasteiger partial charge in [0.05, 0.1) is 23.9 Å². The van der Waals surface area contributed by atoms with Gasteiger partial charge in [-0.05, 0) is 53.4 Å². The first-order chi connectivity index (χ1) is 19.0. The second-order valence-electron chi connectivity index (χ2n) is 9.84. The molecule has 0 bridgehead atoms. The van der Waals surface area contributed by atoms with E-state index in [2.05, 4.69) is 42.5 Å². The monoisotopic (exact) mass is 560 g/mol. The summed E-state index contributed by atoms with van der Waals surface area (Å²) >= 11 is 1.36. The van der Waals surface area contributed by atoms with Crippen LogP contribution in [0.3, 0.4) is 0 Å². The molecule has 3 heterocycles. The summed E-state index contributed by atoms with van der Waals surface area (Å²) < 4.78 is 21.4. The van der Waals surface area contributed by atoms with E-state index in [9.17, 15) is 5.11 Å². The van der Waals surface area contributed by atoms with Crippen molar-refractivity contribution in [2.45, 2.75) is 51.1 Å². The summed E-state index contributed by atoms with van der Waals surface area (Å²) in [5, 5.41) is 17.4. The number of aliphatic hydroxyl groups excluding tert-OH is 1. The Labute approximate surface area is 233 Å². The molecule has 1 aliphatic heterocycles. The Hall–Kier alpha value is -3.00. The smallest absolute Gasteiger partial charge is 0.205 e. The zero-order valence-corrected chi connectivity index (χ0v) is 24.3. The van der Waals surface area contributed by atoms with Gasteiger partial charge in [0.2, 0.25) is 5.82 Å². The zero-order valence-electron chi connectivity index (χ0n) is 22.5. The predicted molar refractivity (Wildman–Crippen MR) is 157 cm³/mol. The lowest BCUT2D eigenvalue weighted by molar-refractivity contribution is 0.0278. The van der Waals surface area contributed by atoms with Gasteiger partial charge in [0, 0.05) is 35.6 Å². The molecule has 0 aliphatic carbocycles. The lowest BCUT2D eigenvalue weighted by Gasteiger charge is -2.24. The van der Waals surface area contributed by atoms with Crippen molar-refractivity contribution in [3.63, 3.8) is 0 Å². The first kappa shape index (κ1) is 27.6. The molecule has 39 heavy (non-hydrogen) atoms. The van der Waals surface area contributed by atoms with Crippen LogP contribution < -0.4 is 5.32 Å². The van der Waals surface area contributed by atoms with Gasteiger partial charge in [-0.1, -0.05) is 39.0 Å². The topological polar surface area (TPSA) is 80.2 Å². The molecule has 2 aromatic heterocycles. The van der Waals surface area contributed by atoms with Crippen molar-refractivity contribution >= 4 is 30.3 Å². The summed E-state index contributed by atoms with van der Waals surface area (Å²) in [7, 11) is -1.75. The van der Waals surface area contributed by atoms with Gasteiger partial charge in [0.15, 0.2) is 0 Å². The summed E-state index contributed by atoms with van der Waals surface area (Å²) in [6.07, 6.45) is 0.612. The molecule has 2 aromatic carbocycles. The lowest BCUT2D eigenvalue weighted by Crippen LogP contribution is -2.33. The van der Waals surface area contributed by atoms with Crippen LogP contribution >= 0.6 is 11.3 Å². The van der Waals surface area contributed by atoms with Crippen LogP contribution in [0.15, 0.2) is 48.0 Å². The Kier molecular flexibility index (Phi) is 8.50. The van der Waals surface area contributed by atoms with Crippen LogP contribution in [0.2, 0.25) is 18.1 Å². The van der Waals surface area contributed by atoms with Crippen LogP contribution in [0, 0.1) is 17.3 Å². The highest BCUT2D eigenvalue weighted by Crippen LogP contribution is 2.34. The Morgan fingerprint density at radius 3 is 2.67 bits per heavy atom. The van der Waals surface area contributed by atoms with Crippen LogP contribution in [0.4, 0.5) is 4.39 Å². The number of halogens is 1. The molecular weight excluding hydrogens is 528 g/mol. The second kappa shape index (κ2) is 12.0. The minimum atomic E-state index is -1.75. The Balaban J connectivity index is 1.67. The SMILES string of the molecule is CC[Si](C#Cc1nc(-c2cc(C(O)c3nccs3)ccc2F)c2ccc(C3CNCCO3)cc2n1)(CC)CC. The average molecular weight is 561 g/mol. The van der Waals surface area contributed by atoms with Crippen molar-refractivity contribution in [3.8, 4) is 22.7 Å². The first-order valence-electron chi connectivity index (χ1n) is 13.5. The molecule has 6 nitrogen and oxygen atoms in total. The van der Waals surface area contributed by atoms with Gasteiger partial charge < -0.3 is 15.2 Å². The van der Waals surface area contributed by atoms with Crippen LogP contribution in [0.5, 0.6) is 0 Å². The molecule has 1 saturated heterocycles. The molecule has 5 rings (SSSR count). The number of aliphatic hydroxyl groups is 1. The molecule has 2 N–H and O–H groups in total. The number of fused-ring (bicyclic) bond motifs is 1. The van der Waals surface area contributed by atoms with E-state index in [1.54, 1.807) is 23.7 Å². The maximum atomic E-state index is 15.4. The fraction of sp³-hybridized carbons (Fsp3) is 0.367. The highest BCUT2D eigenvalue weighted by molar-refractivity contribution is 7.09. The van der Waals surface area contributed by atoms with E-state index < -0.39 is 20.0 Å². The van der Waals surface area contributed by atoms with E-state index >= 15 is 4.39 Å². The predicted octanol–water partition coefficient (Wildman–Crippen LogP) is 6.03. The summed E-state index contributed by atoms with van der Waals surface area (Å²) in [4.78, 5) is 13.9. The largest absolute Gasteiger partial charge is 0.381 e. The number of hydrogen-bond donors (Lipinski definition) is 2. The molecule has 2 unspecified atom stereocenters. The van der Waals surface area contributed by atoms with E-state index in [4.69, 9.17) is 14.7 Å². The fourth-order valence-electron chi connectivity index (χ4n) is 5.00. The Morgan fingerprint density at radius 1 is 1.15 bits per heavy atom. The van der Waals surface area contributed by atoms with Crippen molar-refractivity contribution in [1.82, 2.24) is 20.3 Å². The number of hydrogen-bond acceptors (Lipinski definition) is 7. The number of rotatable bonds is 7. The number of nitrogens with zero attached hydrogens (tertiary/aromatic N) is 3. The fourth-order valence-corrected chi connectivity index (χ4v) is 8.05. The third-order valence-electron chi connectivity index (χ3n) is 7.74. The van der Waals surface area contributed by atoms with E-state index in [0.29, 0.717) is 39.8 Å². The van der Waals surface area contributed by atoms with Crippen molar-refractivity contribution in [2.24, 2.45) is 0 Å². The van der Waals surface area contributed by atoms with Gasteiger partial charge in [-0.3, -0.25) is 0 Å². The molecule has 0 spiro atoms. The van der Waals surface area contributed by atoms with Crippen molar-refractivity contribution < 1.29 is 14.2 Å². The molecule has 1 aliphatic rings. The highest BCUT2D eigenvalue weighted by Gasteiger charge is 2.25. The molecule has 0 radical (unpaired) electrons. The molecular formula is C30H33FN4O2SSi. The number of morpholine rings is 1. The second-order valence-corrected chi connectivity index (χ2v) is 15.7. The summed E-state index contributed by atoms with van der Waals surface area (Å²) in [6, 6.07) is 13.7. The number of benzene rings is 2. The zero-order chi connectivity index (χ0) is 27.4.